The standard InChI is InChI=1S/C26H43N9O8/c1-14(2)22(26(43)33-17(23(28)40)7-8-21(38)39)35-20(37)12-30-24(41)19(10-16-11-29-13-31-16)34-25(42)18(32-15(3)36)6-4-5-9-27/h11,13-14,17-19,22H,4-10,12,27H2,1-3H3,(H2,28,40)(H,29,31)(H,30,41)(H,32,36)(H,33,43)(H,34,42)(H,35,37)(H,38,39)/t17-,18-,19-,22-/m0/s1. The van der Waals surface area contributed by atoms with Crippen molar-refractivity contribution >= 4 is 41.4 Å². The Labute approximate surface area is 249 Å². The van der Waals surface area contributed by atoms with Crippen molar-refractivity contribution in [3.8, 4) is 0 Å². The number of aromatic nitrogens is 2. The minimum absolute atomic E-state index is 0.00332. The molecule has 11 N–H and O–H groups in total. The molecule has 0 unspecified atom stereocenters. The minimum Gasteiger partial charge on any atom is -0.481 e. The average Bonchev–Trinajstić information content (AvgIpc) is 3.44. The van der Waals surface area contributed by atoms with E-state index in [1.165, 1.54) is 19.4 Å². The van der Waals surface area contributed by atoms with Gasteiger partial charge in [-0.3, -0.25) is 33.6 Å². The van der Waals surface area contributed by atoms with Crippen molar-refractivity contribution < 1.29 is 38.7 Å². The van der Waals surface area contributed by atoms with E-state index in [2.05, 4.69) is 36.6 Å². The fraction of sp³-hybridized carbons (Fsp3) is 0.615. The second-order valence-electron chi connectivity index (χ2n) is 10.3. The highest BCUT2D eigenvalue weighted by atomic mass is 16.4. The van der Waals surface area contributed by atoms with Crippen LogP contribution in [0.2, 0.25) is 0 Å². The number of unbranched alkanes of at least 4 members (excludes halogenated alkanes) is 1. The molecule has 17 heteroatoms. The molecule has 0 radical (unpaired) electrons. The van der Waals surface area contributed by atoms with Gasteiger partial charge in [0.1, 0.15) is 24.2 Å². The third-order valence-corrected chi connectivity index (χ3v) is 6.25. The molecule has 1 aromatic rings. The molecule has 17 nitrogen and oxygen atoms in total. The lowest BCUT2D eigenvalue weighted by Crippen LogP contribution is -2.57. The fourth-order valence-corrected chi connectivity index (χ4v) is 3.97. The Morgan fingerprint density at radius 3 is 2.12 bits per heavy atom. The first-order valence-corrected chi connectivity index (χ1v) is 13.9. The number of hydrogen-bond acceptors (Lipinski definition) is 9. The lowest BCUT2D eigenvalue weighted by Gasteiger charge is -2.25. The van der Waals surface area contributed by atoms with Crippen LogP contribution in [0, 0.1) is 5.92 Å². The number of imidazole rings is 1. The first-order chi connectivity index (χ1) is 20.2. The van der Waals surface area contributed by atoms with Crippen LogP contribution in [0.15, 0.2) is 12.5 Å². The fourth-order valence-electron chi connectivity index (χ4n) is 3.97. The van der Waals surface area contributed by atoms with Gasteiger partial charge in [-0.25, -0.2) is 4.98 Å². The van der Waals surface area contributed by atoms with Gasteiger partial charge in [0.25, 0.3) is 0 Å². The molecule has 1 heterocycles. The Hall–Kier alpha value is -4.54. The van der Waals surface area contributed by atoms with Crippen LogP contribution in [0.3, 0.4) is 0 Å². The zero-order valence-electron chi connectivity index (χ0n) is 24.6. The summed E-state index contributed by atoms with van der Waals surface area (Å²) in [4.78, 5) is 92.5. The molecule has 0 saturated heterocycles. The molecule has 0 aliphatic carbocycles. The van der Waals surface area contributed by atoms with E-state index in [1.54, 1.807) is 13.8 Å². The number of nitrogens with two attached hydrogens (primary N) is 2. The van der Waals surface area contributed by atoms with Crippen LogP contribution in [0.25, 0.3) is 0 Å². The summed E-state index contributed by atoms with van der Waals surface area (Å²) < 4.78 is 0. The summed E-state index contributed by atoms with van der Waals surface area (Å²) in [6, 6.07) is -4.45. The van der Waals surface area contributed by atoms with Crippen molar-refractivity contribution in [3.63, 3.8) is 0 Å². The normalized spacial score (nSPS) is 13.6. The number of carbonyl (C=O) groups excluding carboxylic acids is 6. The number of aliphatic carboxylic acids is 1. The number of aromatic amines is 1. The lowest BCUT2D eigenvalue weighted by molar-refractivity contribution is -0.138. The summed E-state index contributed by atoms with van der Waals surface area (Å²) in [7, 11) is 0. The van der Waals surface area contributed by atoms with Gasteiger partial charge < -0.3 is 48.1 Å². The van der Waals surface area contributed by atoms with Gasteiger partial charge in [0, 0.05) is 31.7 Å². The van der Waals surface area contributed by atoms with Gasteiger partial charge in [-0.15, -0.1) is 0 Å². The molecule has 0 saturated carbocycles. The van der Waals surface area contributed by atoms with Gasteiger partial charge in [-0.2, -0.15) is 0 Å². The van der Waals surface area contributed by atoms with Gasteiger partial charge >= 0.3 is 5.97 Å². The number of hydrogen-bond donors (Lipinski definition) is 9. The van der Waals surface area contributed by atoms with E-state index < -0.39 is 84.5 Å². The van der Waals surface area contributed by atoms with Crippen LogP contribution in [-0.4, -0.2) is 93.7 Å². The van der Waals surface area contributed by atoms with Crippen LogP contribution >= 0.6 is 0 Å². The SMILES string of the molecule is CC(=O)N[C@@H](CCCCN)C(=O)N[C@@H](Cc1cnc[nH]1)C(=O)NCC(=O)N[C@H](C(=O)N[C@@H](CCC(=O)O)C(N)=O)C(C)C. The maximum Gasteiger partial charge on any atom is 0.303 e. The van der Waals surface area contributed by atoms with Crippen LogP contribution in [-0.2, 0) is 40.0 Å². The Kier molecular flexibility index (Phi) is 16.0. The number of H-pyrrole nitrogens is 1. The molecule has 0 aliphatic heterocycles. The van der Waals surface area contributed by atoms with Gasteiger partial charge in [-0.1, -0.05) is 13.8 Å². The van der Waals surface area contributed by atoms with Crippen molar-refractivity contribution in [3.05, 3.63) is 18.2 Å². The molecule has 1 aromatic heterocycles. The van der Waals surface area contributed by atoms with E-state index in [4.69, 9.17) is 16.6 Å². The molecule has 1 rings (SSSR count). The topological polar surface area (TPSA) is 281 Å². The monoisotopic (exact) mass is 609 g/mol. The number of nitrogens with zero attached hydrogens (tertiary/aromatic N) is 1. The van der Waals surface area contributed by atoms with Crippen molar-refractivity contribution in [2.45, 2.75) is 83.5 Å². The predicted molar refractivity (Wildman–Crippen MR) is 153 cm³/mol. The van der Waals surface area contributed by atoms with Crippen LogP contribution in [0.4, 0.5) is 0 Å². The van der Waals surface area contributed by atoms with Crippen LogP contribution < -0.4 is 38.1 Å². The number of amides is 6. The molecular weight excluding hydrogens is 566 g/mol. The maximum absolute atomic E-state index is 13.1. The minimum atomic E-state index is -1.26. The van der Waals surface area contributed by atoms with E-state index in [0.717, 1.165) is 0 Å². The van der Waals surface area contributed by atoms with Crippen molar-refractivity contribution in [2.75, 3.05) is 13.1 Å². The summed E-state index contributed by atoms with van der Waals surface area (Å²) in [5, 5.41) is 21.3. The number of primary amides is 1. The van der Waals surface area contributed by atoms with E-state index in [9.17, 15) is 33.6 Å². The molecule has 0 bridgehead atoms. The highest BCUT2D eigenvalue weighted by molar-refractivity contribution is 5.95. The summed E-state index contributed by atoms with van der Waals surface area (Å²) in [5.41, 5.74) is 11.3. The molecule has 0 aliphatic rings. The van der Waals surface area contributed by atoms with Crippen molar-refractivity contribution in [2.24, 2.45) is 17.4 Å². The smallest absolute Gasteiger partial charge is 0.303 e. The molecule has 0 aromatic carbocycles. The number of rotatable bonds is 20. The zero-order valence-corrected chi connectivity index (χ0v) is 24.6. The number of carboxylic acid groups (broad SMARTS) is 1. The Morgan fingerprint density at radius 1 is 0.907 bits per heavy atom. The number of carbonyl (C=O) groups is 7. The maximum atomic E-state index is 13.1. The van der Waals surface area contributed by atoms with Gasteiger partial charge in [-0.05, 0) is 38.1 Å². The average molecular weight is 610 g/mol. The van der Waals surface area contributed by atoms with Crippen LogP contribution in [0.5, 0.6) is 0 Å². The summed E-state index contributed by atoms with van der Waals surface area (Å²) >= 11 is 0. The number of carboxylic acids is 1. The van der Waals surface area contributed by atoms with E-state index in [-0.39, 0.29) is 12.8 Å². The third-order valence-electron chi connectivity index (χ3n) is 6.25. The number of nitrogens with one attached hydrogen (secondary N) is 6. The summed E-state index contributed by atoms with van der Waals surface area (Å²) in [5.74, 6) is -5.79. The molecule has 240 valence electrons. The van der Waals surface area contributed by atoms with Crippen LogP contribution in [0.1, 0.15) is 58.6 Å². The first kappa shape index (κ1) is 36.5. The Bertz CT molecular complexity index is 1110. The van der Waals surface area contributed by atoms with Crippen molar-refractivity contribution in [1.82, 2.24) is 36.6 Å². The van der Waals surface area contributed by atoms with E-state index >= 15 is 0 Å². The first-order valence-electron chi connectivity index (χ1n) is 13.9. The Morgan fingerprint density at radius 2 is 1.58 bits per heavy atom. The van der Waals surface area contributed by atoms with E-state index in [0.29, 0.717) is 31.5 Å². The zero-order chi connectivity index (χ0) is 32.5. The van der Waals surface area contributed by atoms with Gasteiger partial charge in [0.2, 0.25) is 35.4 Å². The molecule has 6 amide bonds. The second-order valence-corrected chi connectivity index (χ2v) is 10.3. The summed E-state index contributed by atoms with van der Waals surface area (Å²) in [6.45, 7) is 4.39. The molecule has 4 atom stereocenters. The summed E-state index contributed by atoms with van der Waals surface area (Å²) in [6.07, 6.45) is 3.72. The highest BCUT2D eigenvalue weighted by Crippen LogP contribution is 2.06. The Balaban J connectivity index is 2.90. The largest absolute Gasteiger partial charge is 0.481 e. The predicted octanol–water partition coefficient (Wildman–Crippen LogP) is -2.84. The van der Waals surface area contributed by atoms with Gasteiger partial charge in [0.05, 0.1) is 12.9 Å². The molecule has 0 spiro atoms. The van der Waals surface area contributed by atoms with E-state index in [1.807, 2.05) is 0 Å². The molecule has 0 fully saturated rings. The molecular formula is C26H43N9O8. The third kappa shape index (κ3) is 14.3. The highest BCUT2D eigenvalue weighted by Gasteiger charge is 2.30. The van der Waals surface area contributed by atoms with Crippen molar-refractivity contribution in [1.29, 1.82) is 0 Å². The van der Waals surface area contributed by atoms with Gasteiger partial charge in [0.15, 0.2) is 0 Å². The lowest BCUT2D eigenvalue weighted by atomic mass is 10.0. The quantitative estimate of drug-likeness (QED) is 0.0683. The molecule has 43 heavy (non-hydrogen) atoms. The second kappa shape index (κ2) is 18.8.